The molecule has 1 aromatic carbocycles. The Labute approximate surface area is 138 Å². The molecular formula is C16H15ClFNO4. The zero-order valence-corrected chi connectivity index (χ0v) is 13.4. The first-order valence-corrected chi connectivity index (χ1v) is 7.26. The van der Waals surface area contributed by atoms with Crippen LogP contribution >= 0.6 is 11.6 Å². The highest BCUT2D eigenvalue weighted by Gasteiger charge is 2.13. The summed E-state index contributed by atoms with van der Waals surface area (Å²) in [6.07, 6.45) is 1.49. The molecule has 0 saturated carbocycles. The first-order valence-electron chi connectivity index (χ1n) is 6.88. The second-order valence-electron chi connectivity index (χ2n) is 4.53. The highest BCUT2D eigenvalue weighted by molar-refractivity contribution is 6.32. The number of halogens is 2. The van der Waals surface area contributed by atoms with Gasteiger partial charge in [0.25, 0.3) is 5.88 Å². The van der Waals surface area contributed by atoms with Crippen LogP contribution < -0.4 is 9.47 Å². The van der Waals surface area contributed by atoms with Crippen LogP contribution in [0.4, 0.5) is 4.39 Å². The molecule has 0 radical (unpaired) electrons. The number of pyridine rings is 1. The molecule has 7 heteroatoms. The lowest BCUT2D eigenvalue weighted by molar-refractivity contribution is -0.145. The molecule has 1 heterocycles. The zero-order valence-electron chi connectivity index (χ0n) is 12.6. The Bertz CT molecular complexity index is 708. The van der Waals surface area contributed by atoms with Gasteiger partial charge in [-0.15, -0.1) is 0 Å². The van der Waals surface area contributed by atoms with Crippen LogP contribution in [0.2, 0.25) is 5.02 Å². The summed E-state index contributed by atoms with van der Waals surface area (Å²) in [6, 6.07) is 5.88. The van der Waals surface area contributed by atoms with Crippen LogP contribution in [0.5, 0.6) is 17.4 Å². The Kier molecular flexibility index (Phi) is 5.76. The molecule has 0 atom stereocenters. The van der Waals surface area contributed by atoms with E-state index >= 15 is 0 Å². The number of hydrogen-bond acceptors (Lipinski definition) is 5. The van der Waals surface area contributed by atoms with Gasteiger partial charge in [-0.25, -0.2) is 14.2 Å². The molecular weight excluding hydrogens is 325 g/mol. The fourth-order valence-corrected chi connectivity index (χ4v) is 1.91. The van der Waals surface area contributed by atoms with Crippen molar-refractivity contribution in [1.82, 2.24) is 4.98 Å². The number of carbonyl (C=O) groups is 1. The van der Waals surface area contributed by atoms with Crippen LogP contribution in [0.1, 0.15) is 12.5 Å². The molecule has 23 heavy (non-hydrogen) atoms. The Hall–Kier alpha value is -2.34. The number of hydrogen-bond donors (Lipinski definition) is 0. The van der Waals surface area contributed by atoms with Crippen molar-refractivity contribution < 1.29 is 23.4 Å². The zero-order chi connectivity index (χ0) is 16.8. The maximum absolute atomic E-state index is 13.4. The second kappa shape index (κ2) is 7.78. The molecule has 1 aromatic heterocycles. The van der Waals surface area contributed by atoms with Crippen LogP contribution in [-0.2, 0) is 9.53 Å². The molecule has 2 aromatic rings. The summed E-state index contributed by atoms with van der Waals surface area (Å²) in [4.78, 5) is 15.3. The highest BCUT2D eigenvalue weighted by Crippen LogP contribution is 2.35. The van der Waals surface area contributed by atoms with E-state index in [0.717, 1.165) is 0 Å². The smallest absolute Gasteiger partial charge is 0.344 e. The molecule has 0 aliphatic carbocycles. The number of rotatable bonds is 6. The van der Waals surface area contributed by atoms with Crippen molar-refractivity contribution in [1.29, 1.82) is 0 Å². The van der Waals surface area contributed by atoms with E-state index in [-0.39, 0.29) is 35.6 Å². The van der Waals surface area contributed by atoms with Crippen molar-refractivity contribution in [2.45, 2.75) is 13.8 Å². The summed E-state index contributed by atoms with van der Waals surface area (Å²) in [5.74, 6) is -0.310. The van der Waals surface area contributed by atoms with Gasteiger partial charge in [0.1, 0.15) is 11.6 Å². The van der Waals surface area contributed by atoms with Crippen molar-refractivity contribution in [3.05, 3.63) is 46.9 Å². The van der Waals surface area contributed by atoms with Crippen LogP contribution in [0, 0.1) is 12.7 Å². The van der Waals surface area contributed by atoms with Gasteiger partial charge in [0, 0.05) is 6.20 Å². The number of esters is 1. The van der Waals surface area contributed by atoms with Crippen LogP contribution in [0.3, 0.4) is 0 Å². The van der Waals surface area contributed by atoms with E-state index in [1.165, 1.54) is 18.3 Å². The molecule has 0 bridgehead atoms. The summed E-state index contributed by atoms with van der Waals surface area (Å²) in [7, 11) is 0. The third-order valence-corrected chi connectivity index (χ3v) is 3.10. The van der Waals surface area contributed by atoms with Gasteiger partial charge in [-0.1, -0.05) is 11.6 Å². The number of nitrogens with zero attached hydrogens (tertiary/aromatic N) is 1. The molecule has 122 valence electrons. The fourth-order valence-electron chi connectivity index (χ4n) is 1.72. The molecule has 0 unspecified atom stereocenters. The summed E-state index contributed by atoms with van der Waals surface area (Å²) >= 11 is 5.97. The van der Waals surface area contributed by atoms with E-state index in [2.05, 4.69) is 4.98 Å². The SMILES string of the molecule is CCOC(=O)COc1ncccc1Oc1cc(C)c(F)cc1Cl. The lowest BCUT2D eigenvalue weighted by Gasteiger charge is -2.12. The lowest BCUT2D eigenvalue weighted by Crippen LogP contribution is -2.15. The third kappa shape index (κ3) is 4.56. The Morgan fingerprint density at radius 3 is 2.87 bits per heavy atom. The van der Waals surface area contributed by atoms with Gasteiger partial charge < -0.3 is 14.2 Å². The molecule has 5 nitrogen and oxygen atoms in total. The Morgan fingerprint density at radius 2 is 2.13 bits per heavy atom. The number of carbonyl (C=O) groups excluding carboxylic acids is 1. The molecule has 0 N–H and O–H groups in total. The predicted octanol–water partition coefficient (Wildman–Crippen LogP) is 3.92. The van der Waals surface area contributed by atoms with E-state index in [1.54, 1.807) is 26.0 Å². The van der Waals surface area contributed by atoms with Crippen molar-refractivity contribution in [3.8, 4) is 17.4 Å². The minimum atomic E-state index is -0.514. The number of aryl methyl sites for hydroxylation is 1. The van der Waals surface area contributed by atoms with Gasteiger partial charge in [0.05, 0.1) is 11.6 Å². The summed E-state index contributed by atoms with van der Waals surface area (Å²) in [6.45, 7) is 3.27. The Morgan fingerprint density at radius 1 is 1.35 bits per heavy atom. The molecule has 0 aliphatic heterocycles. The summed E-state index contributed by atoms with van der Waals surface area (Å²) in [5, 5.41) is 0.119. The molecule has 2 rings (SSSR count). The Balaban J connectivity index is 2.17. The largest absolute Gasteiger partial charge is 0.463 e. The van der Waals surface area contributed by atoms with Crippen LogP contribution in [-0.4, -0.2) is 24.2 Å². The maximum atomic E-state index is 13.4. The van der Waals surface area contributed by atoms with Gasteiger partial charge in [0.15, 0.2) is 12.4 Å². The fraction of sp³-hybridized carbons (Fsp3) is 0.250. The van der Waals surface area contributed by atoms with Crippen molar-refractivity contribution in [2.24, 2.45) is 0 Å². The van der Waals surface area contributed by atoms with Gasteiger partial charge in [-0.3, -0.25) is 0 Å². The van der Waals surface area contributed by atoms with Gasteiger partial charge in [-0.05, 0) is 43.7 Å². The molecule has 0 saturated heterocycles. The first-order chi connectivity index (χ1) is 11.0. The molecule has 0 aliphatic rings. The number of aromatic nitrogens is 1. The number of benzene rings is 1. The van der Waals surface area contributed by atoms with E-state index in [1.807, 2.05) is 0 Å². The second-order valence-corrected chi connectivity index (χ2v) is 4.94. The van der Waals surface area contributed by atoms with Crippen LogP contribution in [0.15, 0.2) is 30.5 Å². The monoisotopic (exact) mass is 339 g/mol. The van der Waals surface area contributed by atoms with Gasteiger partial charge in [-0.2, -0.15) is 0 Å². The minimum absolute atomic E-state index is 0.110. The molecule has 0 spiro atoms. The van der Waals surface area contributed by atoms with Gasteiger partial charge >= 0.3 is 5.97 Å². The molecule has 0 fully saturated rings. The topological polar surface area (TPSA) is 57.7 Å². The van der Waals surface area contributed by atoms with Crippen molar-refractivity contribution in [3.63, 3.8) is 0 Å². The maximum Gasteiger partial charge on any atom is 0.344 e. The quantitative estimate of drug-likeness (QED) is 0.747. The average Bonchev–Trinajstić information content (AvgIpc) is 2.52. The van der Waals surface area contributed by atoms with Crippen LogP contribution in [0.25, 0.3) is 0 Å². The highest BCUT2D eigenvalue weighted by atomic mass is 35.5. The van der Waals surface area contributed by atoms with E-state index in [9.17, 15) is 9.18 Å². The van der Waals surface area contributed by atoms with Crippen molar-refractivity contribution >= 4 is 17.6 Å². The third-order valence-electron chi connectivity index (χ3n) is 2.80. The van der Waals surface area contributed by atoms with Crippen molar-refractivity contribution in [2.75, 3.05) is 13.2 Å². The lowest BCUT2D eigenvalue weighted by atomic mass is 10.2. The normalized spacial score (nSPS) is 10.3. The van der Waals surface area contributed by atoms with Gasteiger partial charge in [0.2, 0.25) is 0 Å². The minimum Gasteiger partial charge on any atom is -0.463 e. The summed E-state index contributed by atoms with van der Waals surface area (Å²) < 4.78 is 29.1. The number of ether oxygens (including phenoxy) is 3. The van der Waals surface area contributed by atoms with E-state index < -0.39 is 11.8 Å². The van der Waals surface area contributed by atoms with E-state index in [4.69, 9.17) is 25.8 Å². The van der Waals surface area contributed by atoms with E-state index in [0.29, 0.717) is 5.56 Å². The predicted molar refractivity (Wildman–Crippen MR) is 82.6 cm³/mol. The first kappa shape index (κ1) is 17.0. The standard InChI is InChI=1S/C16H15ClFNO4/c1-3-21-15(20)9-22-16-13(5-4-6-19-16)23-14-7-10(2)12(18)8-11(14)17/h4-8H,3,9H2,1-2H3. The average molecular weight is 340 g/mol. The summed E-state index contributed by atoms with van der Waals surface area (Å²) in [5.41, 5.74) is 0.391. The molecule has 0 amide bonds.